The van der Waals surface area contributed by atoms with Gasteiger partial charge in [-0.3, -0.25) is 4.98 Å². The molecule has 0 aliphatic carbocycles. The number of carboxylic acid groups (broad SMARTS) is 1. The monoisotopic (exact) mass is 355 g/mol. The van der Waals surface area contributed by atoms with Gasteiger partial charge in [0.2, 0.25) is 0 Å². The molecule has 0 spiro atoms. The number of ether oxygens (including phenoxy) is 1. The van der Waals surface area contributed by atoms with Gasteiger partial charge in [0.1, 0.15) is 11.8 Å². The lowest BCUT2D eigenvalue weighted by atomic mass is 9.95. The molecule has 6 heteroatoms. The van der Waals surface area contributed by atoms with Crippen LogP contribution in [0.4, 0.5) is 0 Å². The van der Waals surface area contributed by atoms with E-state index in [4.69, 9.17) is 9.84 Å². The number of carboxylic acids is 1. The molecule has 0 unspecified atom stereocenters. The van der Waals surface area contributed by atoms with Crippen molar-refractivity contribution in [3.8, 4) is 40.3 Å². The van der Waals surface area contributed by atoms with E-state index in [-0.39, 0.29) is 5.56 Å². The Balaban J connectivity index is 2.09. The van der Waals surface area contributed by atoms with Crippen molar-refractivity contribution in [1.82, 2.24) is 4.98 Å². The fourth-order valence-corrected chi connectivity index (χ4v) is 2.73. The van der Waals surface area contributed by atoms with E-state index in [0.717, 1.165) is 0 Å². The molecule has 0 amide bonds. The van der Waals surface area contributed by atoms with Gasteiger partial charge in [0.25, 0.3) is 0 Å². The van der Waals surface area contributed by atoms with E-state index in [1.54, 1.807) is 36.4 Å². The first-order chi connectivity index (χ1) is 13.1. The Morgan fingerprint density at radius 1 is 1.00 bits per heavy atom. The van der Waals surface area contributed by atoms with Crippen LogP contribution < -0.4 is 4.74 Å². The summed E-state index contributed by atoms with van der Waals surface area (Å²) in [6, 6.07) is 17.4. The van der Waals surface area contributed by atoms with Gasteiger partial charge in [-0.1, -0.05) is 18.2 Å². The summed E-state index contributed by atoms with van der Waals surface area (Å²) in [4.78, 5) is 15.3. The van der Waals surface area contributed by atoms with Gasteiger partial charge in [-0.15, -0.1) is 0 Å². The zero-order chi connectivity index (χ0) is 19.4. The third-order valence-electron chi connectivity index (χ3n) is 4.07. The van der Waals surface area contributed by atoms with Crippen LogP contribution in [0.3, 0.4) is 0 Å². The highest BCUT2D eigenvalue weighted by atomic mass is 16.5. The minimum Gasteiger partial charge on any atom is -0.495 e. The number of nitrogens with zero attached hydrogens (tertiary/aromatic N) is 3. The first-order valence-electron chi connectivity index (χ1n) is 7.89. The molecule has 0 aliphatic heterocycles. The van der Waals surface area contributed by atoms with Gasteiger partial charge in [0, 0.05) is 11.8 Å². The number of nitriles is 2. The number of rotatable bonds is 4. The van der Waals surface area contributed by atoms with Crippen LogP contribution in [0.2, 0.25) is 0 Å². The number of hydrogen-bond acceptors (Lipinski definition) is 5. The van der Waals surface area contributed by atoms with Gasteiger partial charge in [0.15, 0.2) is 0 Å². The van der Waals surface area contributed by atoms with Crippen molar-refractivity contribution in [2.75, 3.05) is 7.11 Å². The van der Waals surface area contributed by atoms with Crippen LogP contribution in [0.15, 0.2) is 54.7 Å². The average molecular weight is 355 g/mol. The predicted octanol–water partition coefficient (Wildman–Crippen LogP) is 3.87. The Kier molecular flexibility index (Phi) is 4.83. The number of aromatic carboxylic acids is 1. The number of benzene rings is 2. The van der Waals surface area contributed by atoms with Crippen molar-refractivity contribution in [2.24, 2.45) is 0 Å². The first kappa shape index (κ1) is 17.7. The normalized spacial score (nSPS) is 9.89. The fraction of sp³-hybridized carbons (Fsp3) is 0.0476. The molecule has 1 N–H and O–H groups in total. The molecular weight excluding hydrogens is 342 g/mol. The molecule has 2 aromatic carbocycles. The van der Waals surface area contributed by atoms with E-state index in [1.807, 2.05) is 0 Å². The van der Waals surface area contributed by atoms with Crippen molar-refractivity contribution in [3.05, 3.63) is 71.4 Å². The molecule has 0 atom stereocenters. The van der Waals surface area contributed by atoms with Crippen LogP contribution in [0.5, 0.6) is 5.75 Å². The minimum absolute atomic E-state index is 0.122. The lowest BCUT2D eigenvalue weighted by molar-refractivity contribution is 0.0697. The standard InChI is InChI=1S/C21H13N3O3/c1-27-20-5-3-13(8-17(20)12-23)18-4-2-14(9-16(18)11-22)19-10-15(21(25)26)6-7-24-19/h2-10H,1H3,(H,25,26). The fourth-order valence-electron chi connectivity index (χ4n) is 2.73. The topological polar surface area (TPSA) is 107 Å². The second-order valence-corrected chi connectivity index (χ2v) is 5.63. The molecule has 0 saturated heterocycles. The van der Waals surface area contributed by atoms with Gasteiger partial charge in [0.05, 0.1) is 35.6 Å². The Morgan fingerprint density at radius 3 is 2.37 bits per heavy atom. The lowest BCUT2D eigenvalue weighted by Gasteiger charge is -2.10. The highest BCUT2D eigenvalue weighted by molar-refractivity contribution is 5.89. The second-order valence-electron chi connectivity index (χ2n) is 5.63. The maximum absolute atomic E-state index is 11.1. The highest BCUT2D eigenvalue weighted by Crippen LogP contribution is 2.31. The minimum atomic E-state index is -1.04. The summed E-state index contributed by atoms with van der Waals surface area (Å²) in [5, 5.41) is 28.0. The van der Waals surface area contributed by atoms with E-state index in [2.05, 4.69) is 17.1 Å². The van der Waals surface area contributed by atoms with Gasteiger partial charge >= 0.3 is 5.97 Å². The number of hydrogen-bond donors (Lipinski definition) is 1. The molecule has 0 saturated carbocycles. The zero-order valence-electron chi connectivity index (χ0n) is 14.3. The molecule has 0 bridgehead atoms. The molecule has 6 nitrogen and oxygen atoms in total. The Hall–Kier alpha value is -4.16. The van der Waals surface area contributed by atoms with E-state index in [9.17, 15) is 15.3 Å². The molecule has 27 heavy (non-hydrogen) atoms. The molecule has 3 rings (SSSR count). The maximum Gasteiger partial charge on any atom is 0.335 e. The average Bonchev–Trinajstić information content (AvgIpc) is 2.72. The molecular formula is C21H13N3O3. The van der Waals surface area contributed by atoms with Crippen LogP contribution in [0.1, 0.15) is 21.5 Å². The van der Waals surface area contributed by atoms with Gasteiger partial charge in [-0.2, -0.15) is 10.5 Å². The number of methoxy groups -OCH3 is 1. The maximum atomic E-state index is 11.1. The molecule has 0 aliphatic rings. The van der Waals surface area contributed by atoms with Gasteiger partial charge in [-0.05, 0) is 41.5 Å². The predicted molar refractivity (Wildman–Crippen MR) is 98.1 cm³/mol. The number of pyridine rings is 1. The molecule has 3 aromatic rings. The quantitative estimate of drug-likeness (QED) is 0.761. The van der Waals surface area contributed by atoms with Gasteiger partial charge < -0.3 is 9.84 Å². The Bertz CT molecular complexity index is 1120. The smallest absolute Gasteiger partial charge is 0.335 e. The third kappa shape index (κ3) is 3.46. The van der Waals surface area contributed by atoms with Crippen molar-refractivity contribution in [1.29, 1.82) is 10.5 Å². The number of aromatic nitrogens is 1. The molecule has 0 radical (unpaired) electrons. The summed E-state index contributed by atoms with van der Waals surface area (Å²) in [6.45, 7) is 0. The Morgan fingerprint density at radius 2 is 1.70 bits per heavy atom. The second kappa shape index (κ2) is 7.38. The van der Waals surface area contributed by atoms with Crippen LogP contribution in [-0.2, 0) is 0 Å². The van der Waals surface area contributed by atoms with E-state index >= 15 is 0 Å². The SMILES string of the molecule is COc1ccc(-c2ccc(-c3cc(C(=O)O)ccn3)cc2C#N)cc1C#N. The van der Waals surface area contributed by atoms with Crippen LogP contribution >= 0.6 is 0 Å². The molecule has 130 valence electrons. The van der Waals surface area contributed by atoms with Crippen molar-refractivity contribution >= 4 is 5.97 Å². The number of carbonyl (C=O) groups is 1. The Labute approximate surface area is 155 Å². The van der Waals surface area contributed by atoms with Crippen molar-refractivity contribution < 1.29 is 14.6 Å². The summed E-state index contributed by atoms with van der Waals surface area (Å²) in [5.41, 5.74) is 3.36. The zero-order valence-corrected chi connectivity index (χ0v) is 14.3. The summed E-state index contributed by atoms with van der Waals surface area (Å²) in [7, 11) is 1.49. The molecule has 1 aromatic heterocycles. The lowest BCUT2D eigenvalue weighted by Crippen LogP contribution is -1.97. The first-order valence-corrected chi connectivity index (χ1v) is 7.89. The van der Waals surface area contributed by atoms with Crippen LogP contribution in [0.25, 0.3) is 22.4 Å². The van der Waals surface area contributed by atoms with E-state index in [0.29, 0.717) is 39.3 Å². The summed E-state index contributed by atoms with van der Waals surface area (Å²) >= 11 is 0. The largest absolute Gasteiger partial charge is 0.495 e. The summed E-state index contributed by atoms with van der Waals surface area (Å²) in [5.74, 6) is -0.580. The van der Waals surface area contributed by atoms with Crippen LogP contribution in [-0.4, -0.2) is 23.2 Å². The third-order valence-corrected chi connectivity index (χ3v) is 4.07. The molecule has 1 heterocycles. The van der Waals surface area contributed by atoms with E-state index < -0.39 is 5.97 Å². The van der Waals surface area contributed by atoms with Gasteiger partial charge in [-0.25, -0.2) is 4.79 Å². The highest BCUT2D eigenvalue weighted by Gasteiger charge is 2.12. The molecule has 0 fully saturated rings. The van der Waals surface area contributed by atoms with Crippen molar-refractivity contribution in [3.63, 3.8) is 0 Å². The summed E-state index contributed by atoms with van der Waals surface area (Å²) < 4.78 is 5.15. The van der Waals surface area contributed by atoms with Crippen molar-refractivity contribution in [2.45, 2.75) is 0 Å². The van der Waals surface area contributed by atoms with Crippen LogP contribution in [0, 0.1) is 22.7 Å². The summed E-state index contributed by atoms with van der Waals surface area (Å²) in [6.07, 6.45) is 1.42. The van der Waals surface area contributed by atoms with E-state index in [1.165, 1.54) is 25.4 Å².